The highest BCUT2D eigenvalue weighted by Gasteiger charge is 2.39. The molecule has 1 aliphatic rings. The van der Waals surface area contributed by atoms with Gasteiger partial charge in [0, 0.05) is 42.9 Å². The molecule has 0 saturated carbocycles. The van der Waals surface area contributed by atoms with Crippen LogP contribution in [0.3, 0.4) is 0 Å². The molecule has 9 nitrogen and oxygen atoms in total. The van der Waals surface area contributed by atoms with Gasteiger partial charge < -0.3 is 19.7 Å². The highest BCUT2D eigenvalue weighted by Crippen LogP contribution is 2.38. The molecule has 1 aliphatic heterocycles. The Hall–Kier alpha value is -4.43. The van der Waals surface area contributed by atoms with Crippen molar-refractivity contribution in [3.8, 4) is 22.8 Å². The van der Waals surface area contributed by atoms with Gasteiger partial charge in [-0.1, -0.05) is 11.6 Å². The van der Waals surface area contributed by atoms with E-state index in [0.29, 0.717) is 22.8 Å². The number of benzene rings is 2. The van der Waals surface area contributed by atoms with Gasteiger partial charge in [0.1, 0.15) is 40.1 Å². The number of alkyl halides is 3. The first-order chi connectivity index (χ1) is 21.2. The van der Waals surface area contributed by atoms with E-state index in [4.69, 9.17) is 21.1 Å². The van der Waals surface area contributed by atoms with Gasteiger partial charge in [0.2, 0.25) is 0 Å². The Morgan fingerprint density at radius 1 is 1.07 bits per heavy atom. The first kappa shape index (κ1) is 32.0. The maximum Gasteiger partial charge on any atom is 0.420 e. The molecule has 1 N–H and O–H groups in total. The van der Waals surface area contributed by atoms with Crippen LogP contribution < -0.4 is 20.5 Å². The van der Waals surface area contributed by atoms with Crippen LogP contribution in [0.2, 0.25) is 5.02 Å². The van der Waals surface area contributed by atoms with Crippen LogP contribution in [0.5, 0.6) is 5.75 Å². The lowest BCUT2D eigenvalue weighted by Crippen LogP contribution is -2.53. The smallest absolute Gasteiger partial charge is 0.420 e. The van der Waals surface area contributed by atoms with E-state index in [9.17, 15) is 22.8 Å². The number of ether oxygens (including phenoxy) is 2. The van der Waals surface area contributed by atoms with Crippen molar-refractivity contribution in [2.75, 3.05) is 30.4 Å². The van der Waals surface area contributed by atoms with Crippen LogP contribution >= 0.6 is 11.6 Å². The molecule has 45 heavy (non-hydrogen) atoms. The van der Waals surface area contributed by atoms with E-state index in [1.165, 1.54) is 37.4 Å². The van der Waals surface area contributed by atoms with Gasteiger partial charge in [0.25, 0.3) is 11.5 Å². The molecule has 1 amide bonds. The fourth-order valence-electron chi connectivity index (χ4n) is 5.02. The third-order valence-corrected chi connectivity index (χ3v) is 7.35. The number of amides is 1. The van der Waals surface area contributed by atoms with Crippen molar-refractivity contribution < 1.29 is 36.2 Å². The minimum absolute atomic E-state index is 0.0166. The van der Waals surface area contributed by atoms with Crippen LogP contribution in [0.25, 0.3) is 17.1 Å². The lowest BCUT2D eigenvalue weighted by Gasteiger charge is -2.40. The highest BCUT2D eigenvalue weighted by molar-refractivity contribution is 6.30. The van der Waals surface area contributed by atoms with Crippen molar-refractivity contribution in [3.63, 3.8) is 0 Å². The molecular formula is C30H27ClF5N5O4. The molecule has 2 aromatic heterocycles. The van der Waals surface area contributed by atoms with E-state index in [-0.39, 0.29) is 29.3 Å². The number of nitrogens with zero attached hydrogens (tertiary/aromatic N) is 4. The number of halogens is 6. The van der Waals surface area contributed by atoms with Crippen LogP contribution in [0.15, 0.2) is 53.3 Å². The van der Waals surface area contributed by atoms with Gasteiger partial charge in [-0.25, -0.2) is 13.8 Å². The molecule has 2 aromatic carbocycles. The Morgan fingerprint density at radius 2 is 1.69 bits per heavy atom. The van der Waals surface area contributed by atoms with E-state index < -0.39 is 57.6 Å². The fraction of sp³-hybridized carbons (Fsp3) is 0.300. The van der Waals surface area contributed by atoms with Crippen molar-refractivity contribution in [1.29, 1.82) is 0 Å². The molecule has 1 saturated heterocycles. The first-order valence-electron chi connectivity index (χ1n) is 13.6. The summed E-state index contributed by atoms with van der Waals surface area (Å²) in [5, 5.41) is 2.64. The van der Waals surface area contributed by atoms with Gasteiger partial charge in [-0.15, -0.1) is 0 Å². The second kappa shape index (κ2) is 12.2. The average Bonchev–Trinajstić information content (AvgIpc) is 3.17. The van der Waals surface area contributed by atoms with Gasteiger partial charge in [0.15, 0.2) is 5.82 Å². The Balaban J connectivity index is 1.71. The van der Waals surface area contributed by atoms with Crippen molar-refractivity contribution in [1.82, 2.24) is 14.3 Å². The van der Waals surface area contributed by atoms with Gasteiger partial charge in [-0.05, 0) is 50.2 Å². The average molecular weight is 652 g/mol. The minimum atomic E-state index is -4.98. The molecule has 0 aliphatic carbocycles. The number of rotatable bonds is 8. The zero-order chi connectivity index (χ0) is 32.8. The number of carbonyl (C=O) groups excluding carboxylic acids is 1. The molecule has 0 bridgehead atoms. The predicted octanol–water partition coefficient (Wildman–Crippen LogP) is 6.06. The minimum Gasteiger partial charge on any atom is -0.497 e. The van der Waals surface area contributed by atoms with Crippen LogP contribution in [0.4, 0.5) is 33.5 Å². The third kappa shape index (κ3) is 6.25. The molecular weight excluding hydrogens is 625 g/mol. The fourth-order valence-corrected chi connectivity index (χ4v) is 5.14. The van der Waals surface area contributed by atoms with Crippen molar-refractivity contribution in [2.24, 2.45) is 7.05 Å². The van der Waals surface area contributed by atoms with E-state index in [0.717, 1.165) is 29.9 Å². The zero-order valence-corrected chi connectivity index (χ0v) is 25.1. The van der Waals surface area contributed by atoms with Crippen molar-refractivity contribution in [3.05, 3.63) is 86.7 Å². The molecule has 5 rings (SSSR count). The summed E-state index contributed by atoms with van der Waals surface area (Å²) in [6, 6.07) is 9.09. The van der Waals surface area contributed by atoms with E-state index in [2.05, 4.69) is 10.3 Å². The predicted molar refractivity (Wildman–Crippen MR) is 157 cm³/mol. The van der Waals surface area contributed by atoms with Gasteiger partial charge in [-0.3, -0.25) is 14.3 Å². The third-order valence-electron chi connectivity index (χ3n) is 7.10. The van der Waals surface area contributed by atoms with E-state index >= 15 is 8.78 Å². The van der Waals surface area contributed by atoms with Crippen LogP contribution in [-0.2, 0) is 18.0 Å². The van der Waals surface area contributed by atoms with Gasteiger partial charge in [-0.2, -0.15) is 17.9 Å². The quantitative estimate of drug-likeness (QED) is 0.233. The number of methoxy groups -OCH3 is 1. The van der Waals surface area contributed by atoms with Crippen molar-refractivity contribution >= 4 is 29.0 Å². The van der Waals surface area contributed by atoms with Gasteiger partial charge in [0.05, 0.1) is 24.9 Å². The molecule has 1 fully saturated rings. The number of aromatic nitrogens is 3. The Morgan fingerprint density at radius 3 is 2.24 bits per heavy atom. The zero-order valence-electron chi connectivity index (χ0n) is 24.4. The summed E-state index contributed by atoms with van der Waals surface area (Å²) in [5.74, 6) is -4.21. The Bertz CT molecular complexity index is 1790. The number of anilines is 2. The molecule has 238 valence electrons. The number of carbonyl (C=O) groups is 1. The summed E-state index contributed by atoms with van der Waals surface area (Å²) < 4.78 is 85.8. The molecule has 15 heteroatoms. The Labute approximate surface area is 258 Å². The number of hydrogen-bond donors (Lipinski definition) is 1. The molecule has 4 aromatic rings. The summed E-state index contributed by atoms with van der Waals surface area (Å²) in [6.45, 7) is 4.39. The summed E-state index contributed by atoms with van der Waals surface area (Å²) >= 11 is 5.90. The Kier molecular flexibility index (Phi) is 8.64. The normalized spacial score (nSPS) is 13.7. The van der Waals surface area contributed by atoms with E-state index in [1.807, 2.05) is 13.8 Å². The largest absolute Gasteiger partial charge is 0.497 e. The lowest BCUT2D eigenvalue weighted by atomic mass is 10.1. The lowest BCUT2D eigenvalue weighted by molar-refractivity contribution is -0.137. The summed E-state index contributed by atoms with van der Waals surface area (Å²) in [7, 11) is 2.31. The highest BCUT2D eigenvalue weighted by atomic mass is 35.5. The second-order valence-electron chi connectivity index (χ2n) is 10.5. The number of pyridine rings is 1. The molecule has 0 radical (unpaired) electrons. The maximum absolute atomic E-state index is 15.4. The molecule has 0 spiro atoms. The maximum atomic E-state index is 15.4. The van der Waals surface area contributed by atoms with Crippen LogP contribution in [0.1, 0.15) is 29.8 Å². The summed E-state index contributed by atoms with van der Waals surface area (Å²) in [6.07, 6.45) is -5.21. The number of hydrogen-bond acceptors (Lipinski definition) is 6. The molecule has 0 unspecified atom stereocenters. The standard InChI is InChI=1S/C30H27ClF5N5O4/c1-15(2)45-19-13-40(14-19)23-10-9-20(30(34,35)36)27(37-23)41-29(43)25(38-28(42)16-5-7-17(31)8-6-16)26(39(41)3)24-21(32)11-18(44-4)12-22(24)33/h5-12,15,19H,13-14H2,1-4H3,(H,38,42). The SMILES string of the molecule is COc1cc(F)c(-c2c(NC(=O)c3ccc(Cl)cc3)c(=O)n(-c3nc(N4CC(OC(C)C)C4)ccc3C(F)(F)F)n2C)c(F)c1. The van der Waals surface area contributed by atoms with Gasteiger partial charge >= 0.3 is 6.18 Å². The number of nitrogens with one attached hydrogen (secondary N) is 1. The van der Waals surface area contributed by atoms with Crippen LogP contribution in [-0.4, -0.2) is 52.7 Å². The first-order valence-corrected chi connectivity index (χ1v) is 14.0. The monoisotopic (exact) mass is 651 g/mol. The topological polar surface area (TPSA) is 90.6 Å². The van der Waals surface area contributed by atoms with Crippen molar-refractivity contribution in [2.45, 2.75) is 32.2 Å². The molecule has 3 heterocycles. The summed E-state index contributed by atoms with van der Waals surface area (Å²) in [5.41, 5.74) is -4.51. The summed E-state index contributed by atoms with van der Waals surface area (Å²) in [4.78, 5) is 33.0. The van der Waals surface area contributed by atoms with E-state index in [1.54, 1.807) is 4.90 Å². The van der Waals surface area contributed by atoms with Crippen LogP contribution in [0, 0.1) is 11.6 Å². The molecule has 0 atom stereocenters. The second-order valence-corrected chi connectivity index (χ2v) is 11.0.